The molecule has 0 bridgehead atoms. The third-order valence-corrected chi connectivity index (χ3v) is 2.78. The largest absolute Gasteiger partial charge is 0.477 e. The van der Waals surface area contributed by atoms with Gasteiger partial charge in [0.15, 0.2) is 0 Å². The van der Waals surface area contributed by atoms with E-state index in [1.54, 1.807) is 0 Å². The molecule has 0 aliphatic heterocycles. The Kier molecular flexibility index (Phi) is 2.84. The Balaban J connectivity index is 2.97. The molecule has 100 valence electrons. The predicted octanol–water partition coefficient (Wildman–Crippen LogP) is 2.55. The Hall–Kier alpha value is -2.31. The Morgan fingerprint density at radius 2 is 1.95 bits per heavy atom. The first-order valence-corrected chi connectivity index (χ1v) is 5.19. The highest BCUT2D eigenvalue weighted by Crippen LogP contribution is 2.34. The number of carboxylic acid groups (broad SMARTS) is 1. The molecule has 0 radical (unpaired) electrons. The summed E-state index contributed by atoms with van der Waals surface area (Å²) < 4.78 is 38.4. The fraction of sp³-hybridized carbons (Fsp3) is 0.167. The summed E-state index contributed by atoms with van der Waals surface area (Å²) >= 11 is 0. The maximum absolute atomic E-state index is 12.8. The molecular weight excluding hydrogens is 263 g/mol. The number of aryl methyl sites for hydroxylation is 1. The lowest BCUT2D eigenvalue weighted by molar-refractivity contribution is -0.136. The van der Waals surface area contributed by atoms with E-state index in [0.29, 0.717) is 0 Å². The van der Waals surface area contributed by atoms with Gasteiger partial charge in [-0.05, 0) is 18.6 Å². The van der Waals surface area contributed by atoms with Gasteiger partial charge in [-0.15, -0.1) is 0 Å². The monoisotopic (exact) mass is 271 g/mol. The lowest BCUT2D eigenvalue weighted by Crippen LogP contribution is -2.18. The van der Waals surface area contributed by atoms with Crippen molar-refractivity contribution in [1.82, 2.24) is 4.98 Å². The number of halogens is 3. The van der Waals surface area contributed by atoms with Gasteiger partial charge >= 0.3 is 12.1 Å². The van der Waals surface area contributed by atoms with E-state index < -0.39 is 34.2 Å². The van der Waals surface area contributed by atoms with Crippen LogP contribution in [0.15, 0.2) is 23.1 Å². The van der Waals surface area contributed by atoms with Gasteiger partial charge in [0.1, 0.15) is 5.56 Å². The van der Waals surface area contributed by atoms with Crippen LogP contribution in [-0.4, -0.2) is 16.1 Å². The van der Waals surface area contributed by atoms with E-state index in [-0.39, 0.29) is 10.9 Å². The van der Waals surface area contributed by atoms with Crippen molar-refractivity contribution in [3.8, 4) is 0 Å². The summed E-state index contributed by atoms with van der Waals surface area (Å²) in [4.78, 5) is 25.0. The second kappa shape index (κ2) is 4.11. The average molecular weight is 271 g/mol. The molecule has 0 fully saturated rings. The summed E-state index contributed by atoms with van der Waals surface area (Å²) in [6, 6.07) is 2.00. The molecule has 0 atom stereocenters. The van der Waals surface area contributed by atoms with Crippen LogP contribution in [0.1, 0.15) is 21.5 Å². The minimum atomic E-state index is -4.63. The number of hydrogen-bond acceptors (Lipinski definition) is 2. The van der Waals surface area contributed by atoms with Gasteiger partial charge in [-0.3, -0.25) is 4.79 Å². The maximum atomic E-state index is 12.8. The second-order valence-electron chi connectivity index (χ2n) is 4.01. The number of fused-ring (bicyclic) bond motifs is 1. The van der Waals surface area contributed by atoms with Crippen molar-refractivity contribution in [3.63, 3.8) is 0 Å². The first kappa shape index (κ1) is 13.1. The standard InChI is InChI=1S/C12H8F3NO3/c1-5-2-3-7(12(13,14)15)9-8(5)10(17)6(4-16-9)11(18)19/h2-4H,1H3,(H,16,17)(H,18,19). The van der Waals surface area contributed by atoms with Crippen LogP contribution in [0.3, 0.4) is 0 Å². The molecule has 1 aromatic carbocycles. The van der Waals surface area contributed by atoms with Crippen LogP contribution < -0.4 is 5.43 Å². The van der Waals surface area contributed by atoms with Crippen LogP contribution in [0.2, 0.25) is 0 Å². The van der Waals surface area contributed by atoms with E-state index in [1.807, 2.05) is 0 Å². The lowest BCUT2D eigenvalue weighted by atomic mass is 10.0. The van der Waals surface area contributed by atoms with Gasteiger partial charge in [0.2, 0.25) is 5.43 Å². The molecule has 0 spiro atoms. The highest BCUT2D eigenvalue weighted by molar-refractivity contribution is 5.94. The molecule has 0 aliphatic carbocycles. The molecule has 7 heteroatoms. The van der Waals surface area contributed by atoms with Crippen LogP contribution in [0.5, 0.6) is 0 Å². The molecule has 1 aromatic heterocycles. The van der Waals surface area contributed by atoms with Crippen molar-refractivity contribution >= 4 is 16.9 Å². The normalized spacial score (nSPS) is 11.8. The first-order chi connectivity index (χ1) is 8.73. The number of benzene rings is 1. The highest BCUT2D eigenvalue weighted by atomic mass is 19.4. The first-order valence-electron chi connectivity index (χ1n) is 5.19. The third-order valence-electron chi connectivity index (χ3n) is 2.78. The highest BCUT2D eigenvalue weighted by Gasteiger charge is 2.33. The molecular formula is C12H8F3NO3. The number of aromatic carboxylic acids is 1. The number of carbonyl (C=O) groups is 1. The zero-order valence-electron chi connectivity index (χ0n) is 9.63. The predicted molar refractivity (Wildman–Crippen MR) is 61.3 cm³/mol. The van der Waals surface area contributed by atoms with Gasteiger partial charge in [0, 0.05) is 11.6 Å². The number of aromatic amines is 1. The zero-order chi connectivity index (χ0) is 14.4. The van der Waals surface area contributed by atoms with E-state index in [2.05, 4.69) is 4.98 Å². The minimum absolute atomic E-state index is 0.255. The average Bonchev–Trinajstić information content (AvgIpc) is 2.27. The Labute approximate surface area is 104 Å². The molecule has 19 heavy (non-hydrogen) atoms. The molecule has 0 aliphatic rings. The zero-order valence-corrected chi connectivity index (χ0v) is 9.63. The van der Waals surface area contributed by atoms with Crippen LogP contribution in [-0.2, 0) is 6.18 Å². The van der Waals surface area contributed by atoms with Gasteiger partial charge in [-0.1, -0.05) is 6.07 Å². The Bertz CT molecular complexity index is 731. The molecule has 2 aromatic rings. The Morgan fingerprint density at radius 3 is 2.47 bits per heavy atom. The summed E-state index contributed by atoms with van der Waals surface area (Å²) in [6.07, 6.45) is -3.85. The van der Waals surface area contributed by atoms with Crippen LogP contribution in [0.25, 0.3) is 10.9 Å². The van der Waals surface area contributed by atoms with Gasteiger partial charge in [0.25, 0.3) is 0 Å². The molecule has 0 saturated carbocycles. The number of carboxylic acids is 1. The van der Waals surface area contributed by atoms with Gasteiger partial charge < -0.3 is 10.1 Å². The molecule has 0 saturated heterocycles. The Morgan fingerprint density at radius 1 is 1.32 bits per heavy atom. The fourth-order valence-corrected chi connectivity index (χ4v) is 1.89. The second-order valence-corrected chi connectivity index (χ2v) is 4.01. The number of H-pyrrole nitrogens is 1. The van der Waals surface area contributed by atoms with E-state index in [0.717, 1.165) is 18.3 Å². The van der Waals surface area contributed by atoms with Crippen molar-refractivity contribution in [2.24, 2.45) is 0 Å². The number of hydrogen-bond donors (Lipinski definition) is 2. The number of pyridine rings is 1. The minimum Gasteiger partial charge on any atom is -0.477 e. The topological polar surface area (TPSA) is 70.2 Å². The maximum Gasteiger partial charge on any atom is 0.418 e. The van der Waals surface area contributed by atoms with Crippen LogP contribution >= 0.6 is 0 Å². The van der Waals surface area contributed by atoms with Crippen molar-refractivity contribution in [2.45, 2.75) is 13.1 Å². The molecule has 2 rings (SSSR count). The molecule has 1 heterocycles. The quantitative estimate of drug-likeness (QED) is 0.837. The van der Waals surface area contributed by atoms with E-state index in [4.69, 9.17) is 5.11 Å². The van der Waals surface area contributed by atoms with Crippen molar-refractivity contribution in [2.75, 3.05) is 0 Å². The molecule has 0 amide bonds. The third kappa shape index (κ3) is 2.07. The van der Waals surface area contributed by atoms with Crippen molar-refractivity contribution < 1.29 is 23.1 Å². The van der Waals surface area contributed by atoms with Crippen molar-refractivity contribution in [1.29, 1.82) is 0 Å². The molecule has 0 unspecified atom stereocenters. The summed E-state index contributed by atoms with van der Waals surface area (Å²) in [5.41, 5.74) is -2.63. The molecule has 2 N–H and O–H groups in total. The number of alkyl halides is 3. The lowest BCUT2D eigenvalue weighted by Gasteiger charge is -2.11. The van der Waals surface area contributed by atoms with Gasteiger partial charge in [-0.2, -0.15) is 13.2 Å². The summed E-state index contributed by atoms with van der Waals surface area (Å²) in [6.45, 7) is 1.45. The number of nitrogens with one attached hydrogen (secondary N) is 1. The van der Waals surface area contributed by atoms with Crippen LogP contribution in [0, 0.1) is 6.92 Å². The van der Waals surface area contributed by atoms with Crippen LogP contribution in [0.4, 0.5) is 13.2 Å². The van der Waals surface area contributed by atoms with Gasteiger partial charge in [0.05, 0.1) is 11.1 Å². The summed E-state index contributed by atoms with van der Waals surface area (Å²) in [5, 5.41) is 8.55. The summed E-state index contributed by atoms with van der Waals surface area (Å²) in [5.74, 6) is -1.49. The SMILES string of the molecule is Cc1ccc(C(F)(F)F)c2[nH]cc(C(=O)O)c(=O)c12. The van der Waals surface area contributed by atoms with E-state index >= 15 is 0 Å². The van der Waals surface area contributed by atoms with E-state index in [9.17, 15) is 22.8 Å². The number of rotatable bonds is 1. The van der Waals surface area contributed by atoms with Crippen molar-refractivity contribution in [3.05, 3.63) is 45.2 Å². The summed E-state index contributed by atoms with van der Waals surface area (Å²) in [7, 11) is 0. The fourth-order valence-electron chi connectivity index (χ4n) is 1.89. The van der Waals surface area contributed by atoms with Gasteiger partial charge in [-0.25, -0.2) is 4.79 Å². The number of aromatic nitrogens is 1. The molecule has 4 nitrogen and oxygen atoms in total. The smallest absolute Gasteiger partial charge is 0.418 e. The van der Waals surface area contributed by atoms with E-state index in [1.165, 1.54) is 6.92 Å².